The second kappa shape index (κ2) is 18.8. The van der Waals surface area contributed by atoms with Gasteiger partial charge in [-0.1, -0.05) is 89.0 Å². The maximum Gasteiger partial charge on any atom is 0.0661 e. The molecule has 142 valence electrons. The van der Waals surface area contributed by atoms with Gasteiger partial charge in [-0.3, -0.25) is 0 Å². The van der Waals surface area contributed by atoms with E-state index in [0.717, 1.165) is 0 Å². The van der Waals surface area contributed by atoms with Crippen LogP contribution in [0.25, 0.3) is 0 Å². The van der Waals surface area contributed by atoms with Crippen LogP contribution in [0.15, 0.2) is 24.3 Å². The van der Waals surface area contributed by atoms with Crippen molar-refractivity contribution in [1.82, 2.24) is 0 Å². The largest absolute Gasteiger partial charge is 1.00 e. The highest BCUT2D eigenvalue weighted by molar-refractivity contribution is 5.25. The summed E-state index contributed by atoms with van der Waals surface area (Å²) in [6.07, 6.45) is 15.5. The van der Waals surface area contributed by atoms with E-state index in [9.17, 15) is 0 Å². The quantitative estimate of drug-likeness (QED) is 0.580. The predicted octanol–water partition coefficient (Wildman–Crippen LogP) is 2.22. The van der Waals surface area contributed by atoms with E-state index in [0.29, 0.717) is 0 Å². The van der Waals surface area contributed by atoms with Crippen molar-refractivity contribution >= 4 is 0 Å². The van der Waals surface area contributed by atoms with E-state index >= 15 is 0 Å². The van der Waals surface area contributed by atoms with E-state index in [1.54, 1.807) is 5.56 Å². The summed E-state index contributed by atoms with van der Waals surface area (Å²) in [5, 5.41) is 0. The van der Waals surface area contributed by atoms with Crippen LogP contribution in [-0.4, -0.2) is 21.1 Å². The first-order chi connectivity index (χ1) is 11.1. The normalized spacial score (nSPS) is 10.1. The van der Waals surface area contributed by atoms with Gasteiger partial charge in [0.25, 0.3) is 0 Å². The molecule has 24 heavy (non-hydrogen) atoms. The summed E-state index contributed by atoms with van der Waals surface area (Å²) in [6.45, 7) is 4.51. The number of hydrogen-bond donors (Lipinski definition) is 1. The third-order valence-corrected chi connectivity index (χ3v) is 4.06. The first kappa shape index (κ1) is 25.7. The molecule has 0 fully saturated rings. The van der Waals surface area contributed by atoms with Gasteiger partial charge in [0, 0.05) is 0 Å². The maximum atomic E-state index is 2.29. The number of halogens is 1. The summed E-state index contributed by atoms with van der Waals surface area (Å²) in [4.78, 5) is 1.42. The number of unbranched alkanes of at least 4 members (excludes halogenated alkanes) is 9. The topological polar surface area (TPSA) is 4.44 Å². The highest BCUT2D eigenvalue weighted by Crippen LogP contribution is 2.14. The summed E-state index contributed by atoms with van der Waals surface area (Å²) in [6, 6.07) is 8.81. The van der Waals surface area contributed by atoms with Crippen LogP contribution < -0.4 is 17.3 Å². The van der Waals surface area contributed by atoms with Crippen molar-refractivity contribution in [2.45, 2.75) is 84.5 Å². The van der Waals surface area contributed by atoms with Gasteiger partial charge in [-0.25, -0.2) is 0 Å². The minimum atomic E-state index is 0. The first-order valence-electron chi connectivity index (χ1n) is 9.89. The van der Waals surface area contributed by atoms with Gasteiger partial charge < -0.3 is 17.3 Å². The molecule has 0 amide bonds. The van der Waals surface area contributed by atoms with Crippen LogP contribution in [0.3, 0.4) is 0 Å². The SMILES string of the molecule is CCCCCCCCCCCCc1ccccc1C.C[NH+](C)C.[Cl-]. The fourth-order valence-electron chi connectivity index (χ4n) is 2.69. The average Bonchev–Trinajstić information content (AvgIpc) is 2.50. The number of nitrogens with one attached hydrogen (secondary N) is 1. The number of aryl methyl sites for hydroxylation is 2. The maximum absolute atomic E-state index is 2.29. The molecule has 0 saturated carbocycles. The number of rotatable bonds is 11. The van der Waals surface area contributed by atoms with Crippen LogP contribution in [0, 0.1) is 6.92 Å². The van der Waals surface area contributed by atoms with Gasteiger partial charge in [-0.15, -0.1) is 0 Å². The van der Waals surface area contributed by atoms with Gasteiger partial charge in [-0.05, 0) is 30.9 Å². The van der Waals surface area contributed by atoms with Crippen molar-refractivity contribution in [3.63, 3.8) is 0 Å². The molecule has 1 aromatic carbocycles. The minimum absolute atomic E-state index is 0. The molecule has 0 aliphatic rings. The Morgan fingerprint density at radius 3 is 1.58 bits per heavy atom. The molecule has 0 bridgehead atoms. The highest BCUT2D eigenvalue weighted by atomic mass is 35.5. The average molecular weight is 356 g/mol. The van der Waals surface area contributed by atoms with Crippen LogP contribution >= 0.6 is 0 Å². The van der Waals surface area contributed by atoms with Gasteiger partial charge in [-0.2, -0.15) is 0 Å². The summed E-state index contributed by atoms with van der Waals surface area (Å²) < 4.78 is 0. The Morgan fingerprint density at radius 1 is 0.708 bits per heavy atom. The predicted molar refractivity (Wildman–Crippen MR) is 105 cm³/mol. The third kappa shape index (κ3) is 17.8. The lowest BCUT2D eigenvalue weighted by Gasteiger charge is -2.05. The molecule has 1 rings (SSSR count). The molecule has 1 N–H and O–H groups in total. The van der Waals surface area contributed by atoms with Crippen LogP contribution in [-0.2, 0) is 6.42 Å². The summed E-state index contributed by atoms with van der Waals surface area (Å²) in [5.41, 5.74) is 3.00. The molecule has 0 spiro atoms. The Morgan fingerprint density at radius 2 is 1.12 bits per heavy atom. The van der Waals surface area contributed by atoms with Gasteiger partial charge in [0.15, 0.2) is 0 Å². The Kier molecular flexibility index (Phi) is 20.1. The first-order valence-corrected chi connectivity index (χ1v) is 9.89. The molecule has 0 aromatic heterocycles. The van der Waals surface area contributed by atoms with Crippen LogP contribution in [0.2, 0.25) is 0 Å². The lowest BCUT2D eigenvalue weighted by Crippen LogP contribution is -3.02. The van der Waals surface area contributed by atoms with E-state index in [1.807, 2.05) is 0 Å². The van der Waals surface area contributed by atoms with Gasteiger partial charge in [0.2, 0.25) is 0 Å². The van der Waals surface area contributed by atoms with Crippen molar-refractivity contribution in [2.75, 3.05) is 21.1 Å². The number of hydrogen-bond acceptors (Lipinski definition) is 0. The lowest BCUT2D eigenvalue weighted by molar-refractivity contribution is -0.836. The van der Waals surface area contributed by atoms with Crippen molar-refractivity contribution in [1.29, 1.82) is 0 Å². The Hall–Kier alpha value is -0.530. The molecule has 0 heterocycles. The minimum Gasteiger partial charge on any atom is -1.00 e. The summed E-state index contributed by atoms with van der Waals surface area (Å²) in [7, 11) is 6.25. The third-order valence-electron chi connectivity index (χ3n) is 4.06. The van der Waals surface area contributed by atoms with E-state index in [-0.39, 0.29) is 12.4 Å². The fraction of sp³-hybridized carbons (Fsp3) is 0.727. The van der Waals surface area contributed by atoms with Crippen molar-refractivity contribution < 1.29 is 17.3 Å². The zero-order valence-corrected chi connectivity index (χ0v) is 17.7. The van der Waals surface area contributed by atoms with Crippen molar-refractivity contribution in [3.8, 4) is 0 Å². The molecule has 1 nitrogen and oxygen atoms in total. The molecule has 0 radical (unpaired) electrons. The second-order valence-electron chi connectivity index (χ2n) is 7.36. The molecule has 0 unspecified atom stereocenters. The van der Waals surface area contributed by atoms with Crippen LogP contribution in [0.5, 0.6) is 0 Å². The van der Waals surface area contributed by atoms with E-state index in [2.05, 4.69) is 59.3 Å². The van der Waals surface area contributed by atoms with E-state index in [4.69, 9.17) is 0 Å². The highest BCUT2D eigenvalue weighted by Gasteiger charge is 1.97. The molecule has 0 aliphatic heterocycles. The smallest absolute Gasteiger partial charge is 0.0661 e. The molecule has 0 aliphatic carbocycles. The number of quaternary nitrogens is 1. The monoisotopic (exact) mass is 355 g/mol. The van der Waals surface area contributed by atoms with Gasteiger partial charge >= 0.3 is 0 Å². The summed E-state index contributed by atoms with van der Waals surface area (Å²) in [5.74, 6) is 0. The zero-order valence-electron chi connectivity index (χ0n) is 17.0. The fourth-order valence-corrected chi connectivity index (χ4v) is 2.69. The standard InChI is InChI=1S/C19H32.C3H9N.ClH/c1-3-4-5-6-7-8-9-10-11-12-16-19-17-14-13-15-18(19)2;1-4(2)3;/h13-15,17H,3-12,16H2,1-2H3;1-3H3;1H. The van der Waals surface area contributed by atoms with Crippen molar-refractivity contribution in [3.05, 3.63) is 35.4 Å². The lowest BCUT2D eigenvalue weighted by atomic mass is 10.0. The Bertz CT molecular complexity index is 360. The summed E-state index contributed by atoms with van der Waals surface area (Å²) >= 11 is 0. The van der Waals surface area contributed by atoms with Crippen LogP contribution in [0.4, 0.5) is 0 Å². The van der Waals surface area contributed by atoms with Gasteiger partial charge in [0.1, 0.15) is 0 Å². The molecule has 1 aromatic rings. The van der Waals surface area contributed by atoms with Crippen LogP contribution in [0.1, 0.15) is 82.3 Å². The van der Waals surface area contributed by atoms with Gasteiger partial charge in [0.05, 0.1) is 21.1 Å². The molecular weight excluding hydrogens is 314 g/mol. The Labute approximate surface area is 158 Å². The molecular formula is C22H42ClN. The second-order valence-corrected chi connectivity index (χ2v) is 7.36. The number of benzene rings is 1. The molecule has 0 saturated heterocycles. The zero-order chi connectivity index (χ0) is 17.3. The van der Waals surface area contributed by atoms with E-state index in [1.165, 1.54) is 81.1 Å². The van der Waals surface area contributed by atoms with E-state index < -0.39 is 0 Å². The Balaban J connectivity index is 0. The van der Waals surface area contributed by atoms with Crippen molar-refractivity contribution in [2.24, 2.45) is 0 Å². The molecule has 0 atom stereocenters. The molecule has 2 heteroatoms.